The van der Waals surface area contributed by atoms with Crippen molar-refractivity contribution in [2.24, 2.45) is 28.2 Å². The van der Waals surface area contributed by atoms with Crippen molar-refractivity contribution in [2.45, 2.75) is 53.9 Å². The van der Waals surface area contributed by atoms with Crippen LogP contribution in [0.3, 0.4) is 0 Å². The summed E-state index contributed by atoms with van der Waals surface area (Å²) in [5.41, 5.74) is 8.17. The summed E-state index contributed by atoms with van der Waals surface area (Å²) in [7, 11) is 7.53. The first kappa shape index (κ1) is 43.5. The van der Waals surface area contributed by atoms with Crippen molar-refractivity contribution in [2.75, 3.05) is 13.1 Å². The van der Waals surface area contributed by atoms with E-state index in [9.17, 15) is 19.2 Å². The first-order valence-electron chi connectivity index (χ1n) is 21.5. The molecule has 0 fully saturated rings. The summed E-state index contributed by atoms with van der Waals surface area (Å²) in [5, 5.41) is 0. The Labute approximate surface area is 371 Å². The van der Waals surface area contributed by atoms with Crippen molar-refractivity contribution in [1.29, 1.82) is 0 Å². The lowest BCUT2D eigenvalue weighted by Crippen LogP contribution is -2.38. The van der Waals surface area contributed by atoms with E-state index in [1.807, 2.05) is 196 Å². The molecule has 0 aliphatic rings. The number of nitrogens with zero attached hydrogens (tertiary/aromatic N) is 10. The predicted octanol–water partition coefficient (Wildman–Crippen LogP) is 5.58. The third-order valence-electron chi connectivity index (χ3n) is 13.0. The largest absolute Gasteiger partial charge is 0.293 e. The van der Waals surface area contributed by atoms with Crippen molar-refractivity contribution in [3.05, 3.63) is 208 Å². The van der Waals surface area contributed by atoms with Gasteiger partial charge in [-0.3, -0.25) is 47.7 Å². The average Bonchev–Trinajstić information content (AvgIpc) is 3.84. The minimum Gasteiger partial charge on any atom is -0.293 e. The Hall–Kier alpha value is -7.16. The maximum Gasteiger partial charge on any atom is 0.276 e. The molecule has 0 bridgehead atoms. The average molecular weight is 861 g/mol. The monoisotopic (exact) mass is 860 g/mol. The molecule has 0 spiro atoms. The molecule has 0 unspecified atom stereocenters. The Kier molecular flexibility index (Phi) is 12.2. The lowest BCUT2D eigenvalue weighted by Gasteiger charge is -2.27. The fraction of sp³-hybridized carbons (Fsp3) is 0.280. The van der Waals surface area contributed by atoms with E-state index >= 15 is 0 Å². The molecule has 0 aliphatic carbocycles. The van der Waals surface area contributed by atoms with Crippen LogP contribution in [0, 0.1) is 27.7 Å². The molecule has 8 aromatic rings. The summed E-state index contributed by atoms with van der Waals surface area (Å²) in [6, 6.07) is 38.3. The second-order valence-corrected chi connectivity index (χ2v) is 16.6. The van der Waals surface area contributed by atoms with E-state index in [2.05, 4.69) is 9.80 Å². The van der Waals surface area contributed by atoms with E-state index in [-0.39, 0.29) is 48.4 Å². The Morgan fingerprint density at radius 3 is 0.703 bits per heavy atom. The minimum absolute atomic E-state index is 0.137. The van der Waals surface area contributed by atoms with Gasteiger partial charge in [0.1, 0.15) is 0 Å². The summed E-state index contributed by atoms with van der Waals surface area (Å²) >= 11 is 0. The van der Waals surface area contributed by atoms with Crippen molar-refractivity contribution in [1.82, 2.24) is 47.3 Å². The van der Waals surface area contributed by atoms with Gasteiger partial charge < -0.3 is 0 Å². The summed E-state index contributed by atoms with van der Waals surface area (Å²) in [5.74, 6) is 0. The number of aromatic nitrogens is 8. The van der Waals surface area contributed by atoms with E-state index < -0.39 is 0 Å². The number of hydrogen-bond donors (Lipinski definition) is 0. The molecule has 0 saturated heterocycles. The molecule has 0 amide bonds. The topological polar surface area (TPSA) is 114 Å². The highest BCUT2D eigenvalue weighted by atomic mass is 16.2. The van der Waals surface area contributed by atoms with Crippen molar-refractivity contribution < 1.29 is 0 Å². The second-order valence-electron chi connectivity index (χ2n) is 16.6. The third kappa shape index (κ3) is 7.90. The second kappa shape index (κ2) is 17.9. The van der Waals surface area contributed by atoms with Crippen LogP contribution in [-0.4, -0.2) is 60.3 Å². The highest BCUT2D eigenvalue weighted by Gasteiger charge is 2.27. The van der Waals surface area contributed by atoms with E-state index in [0.29, 0.717) is 35.3 Å². The molecule has 8 rings (SSSR count). The van der Waals surface area contributed by atoms with Gasteiger partial charge in [-0.2, -0.15) is 0 Å². The van der Waals surface area contributed by atoms with Gasteiger partial charge in [0.05, 0.1) is 45.0 Å². The van der Waals surface area contributed by atoms with E-state index in [0.717, 1.165) is 45.5 Å². The van der Waals surface area contributed by atoms with Crippen LogP contribution in [0.2, 0.25) is 0 Å². The van der Waals surface area contributed by atoms with Crippen LogP contribution in [0.1, 0.15) is 45.0 Å². The molecule has 64 heavy (non-hydrogen) atoms. The van der Waals surface area contributed by atoms with E-state index in [4.69, 9.17) is 0 Å². The Morgan fingerprint density at radius 2 is 0.516 bits per heavy atom. The molecule has 0 atom stereocenters. The van der Waals surface area contributed by atoms with Gasteiger partial charge in [-0.15, -0.1) is 0 Å². The van der Waals surface area contributed by atoms with Gasteiger partial charge in [-0.05, 0) is 76.2 Å². The van der Waals surface area contributed by atoms with Gasteiger partial charge >= 0.3 is 0 Å². The zero-order valence-corrected chi connectivity index (χ0v) is 37.9. The maximum atomic E-state index is 14.4. The molecule has 0 saturated carbocycles. The molecule has 14 heteroatoms. The minimum atomic E-state index is -0.137. The fourth-order valence-electron chi connectivity index (χ4n) is 8.83. The summed E-state index contributed by atoms with van der Waals surface area (Å²) in [6.07, 6.45) is 0. The zero-order chi connectivity index (χ0) is 45.4. The van der Waals surface area contributed by atoms with Crippen LogP contribution >= 0.6 is 0 Å². The number of hydrogen-bond acceptors (Lipinski definition) is 6. The molecule has 330 valence electrons. The van der Waals surface area contributed by atoms with Crippen LogP contribution < -0.4 is 22.2 Å². The first-order valence-corrected chi connectivity index (χ1v) is 21.5. The molecule has 4 aromatic heterocycles. The molecule has 14 nitrogen and oxygen atoms in total. The van der Waals surface area contributed by atoms with Crippen LogP contribution in [0.4, 0.5) is 0 Å². The van der Waals surface area contributed by atoms with Crippen LogP contribution in [0.5, 0.6) is 0 Å². The van der Waals surface area contributed by atoms with Gasteiger partial charge in [0.25, 0.3) is 22.2 Å². The molecule has 4 aromatic carbocycles. The smallest absolute Gasteiger partial charge is 0.276 e. The summed E-state index contributed by atoms with van der Waals surface area (Å²) in [6.45, 7) is 9.59. The Bertz CT molecular complexity index is 2750. The molecule has 4 heterocycles. The highest BCUT2D eigenvalue weighted by Crippen LogP contribution is 2.20. The molecular weight excluding hydrogens is 805 g/mol. The zero-order valence-electron chi connectivity index (χ0n) is 37.9. The van der Waals surface area contributed by atoms with Crippen LogP contribution in [0.15, 0.2) is 141 Å². The van der Waals surface area contributed by atoms with Crippen molar-refractivity contribution in [3.63, 3.8) is 0 Å². The lowest BCUT2D eigenvalue weighted by atomic mass is 10.1. The van der Waals surface area contributed by atoms with Crippen molar-refractivity contribution in [3.8, 4) is 22.7 Å². The van der Waals surface area contributed by atoms with Gasteiger partial charge in [0.15, 0.2) is 0 Å². The highest BCUT2D eigenvalue weighted by molar-refractivity contribution is 5.37. The SMILES string of the molecule is Cc1c(CN(CCN(Cc2c(C)n(C)n(-c3ccccc3)c2=O)Cc2c(C)n(C)n(-c3ccccc3)c2=O)Cc2c(C)n(C)n(-c3ccccc3)c2=O)c(=O)n(-c2ccccc2)n1C. The van der Waals surface area contributed by atoms with Gasteiger partial charge in [-0.25, -0.2) is 18.7 Å². The number of benzene rings is 4. The standard InChI is InChI=1S/C50H56N10O4/c1-35-43(47(61)57(51(35)5)39-21-13-9-14-22-39)31-55(32-44-36(2)52(6)58(48(44)62)40-23-15-10-16-24-40)29-30-56(33-45-37(3)53(7)59(49(45)63)41-25-17-11-18-26-41)34-46-38(4)54(8)60(50(46)64)42-27-19-12-20-28-42/h9-28H,29-34H2,1-8H3. The van der Waals surface area contributed by atoms with Crippen LogP contribution in [0.25, 0.3) is 22.7 Å². The number of para-hydroxylation sites is 4. The number of rotatable bonds is 15. The van der Waals surface area contributed by atoms with Crippen LogP contribution in [-0.2, 0) is 54.4 Å². The van der Waals surface area contributed by atoms with Gasteiger partial charge in [-0.1, -0.05) is 72.8 Å². The lowest BCUT2D eigenvalue weighted by molar-refractivity contribution is 0.180. The quantitative estimate of drug-likeness (QED) is 0.133. The molecular formula is C50H56N10O4. The van der Waals surface area contributed by atoms with Gasteiger partial charge in [0.2, 0.25) is 0 Å². The molecule has 0 N–H and O–H groups in total. The van der Waals surface area contributed by atoms with E-state index in [1.54, 1.807) is 18.7 Å². The summed E-state index contributed by atoms with van der Waals surface area (Å²) < 4.78 is 14.2. The maximum absolute atomic E-state index is 14.4. The Balaban J connectivity index is 1.21. The van der Waals surface area contributed by atoms with Gasteiger partial charge in [0, 0.05) is 90.2 Å². The van der Waals surface area contributed by atoms with E-state index in [1.165, 1.54) is 0 Å². The normalized spacial score (nSPS) is 11.7. The van der Waals surface area contributed by atoms with Crippen molar-refractivity contribution >= 4 is 0 Å². The molecule has 0 aliphatic heterocycles. The molecule has 0 radical (unpaired) electrons. The predicted molar refractivity (Wildman–Crippen MR) is 251 cm³/mol. The Morgan fingerprint density at radius 1 is 0.328 bits per heavy atom. The first-order chi connectivity index (χ1) is 30.8. The summed E-state index contributed by atoms with van der Waals surface area (Å²) in [4.78, 5) is 61.9. The third-order valence-corrected chi connectivity index (χ3v) is 13.0. The fourth-order valence-corrected chi connectivity index (χ4v) is 8.83.